The maximum Gasteiger partial charge on any atom is 0.0650 e. The largest absolute Gasteiger partial charge is 0.392 e. The summed E-state index contributed by atoms with van der Waals surface area (Å²) in [7, 11) is 0. The van der Waals surface area contributed by atoms with Crippen LogP contribution in [0.3, 0.4) is 0 Å². The Kier molecular flexibility index (Phi) is 3.48. The zero-order valence-electron chi connectivity index (χ0n) is 9.12. The van der Waals surface area contributed by atoms with Gasteiger partial charge in [-0.15, -0.1) is 0 Å². The highest BCUT2D eigenvalue weighted by Gasteiger charge is 2.15. The van der Waals surface area contributed by atoms with Crippen LogP contribution in [-0.2, 0) is 0 Å². The molecule has 1 N–H and O–H groups in total. The molecule has 0 aromatic heterocycles. The average molecular weight is 190 g/mol. The van der Waals surface area contributed by atoms with Crippen LogP contribution in [0.25, 0.3) is 6.08 Å². The first-order chi connectivity index (χ1) is 6.54. The van der Waals surface area contributed by atoms with Crippen LogP contribution in [-0.4, -0.2) is 11.7 Å². The molecule has 0 unspecified atom stereocenters. The van der Waals surface area contributed by atoms with Crippen molar-refractivity contribution in [2.75, 3.05) is 6.61 Å². The van der Waals surface area contributed by atoms with E-state index < -0.39 is 0 Å². The predicted molar refractivity (Wildman–Crippen MR) is 61.0 cm³/mol. The second-order valence-corrected chi connectivity index (χ2v) is 4.49. The second-order valence-electron chi connectivity index (χ2n) is 4.49. The number of hydrogen-bond donors (Lipinski definition) is 1. The Balaban J connectivity index is 2.96. The fraction of sp³-hybridized carbons (Fsp3) is 0.385. The minimum absolute atomic E-state index is 0.0323. The van der Waals surface area contributed by atoms with Crippen molar-refractivity contribution in [1.29, 1.82) is 0 Å². The zero-order valence-corrected chi connectivity index (χ0v) is 9.12. The molecular weight excluding hydrogens is 172 g/mol. The summed E-state index contributed by atoms with van der Waals surface area (Å²) in [6.45, 7) is 6.45. The standard InChI is InChI=1S/C13H18O/c1-13(2,3)12(10-14)9-11-7-5-4-6-8-11/h4-9,14H,10H2,1-3H3/b12-9+. The molecule has 76 valence electrons. The highest BCUT2D eigenvalue weighted by molar-refractivity contribution is 5.54. The lowest BCUT2D eigenvalue weighted by molar-refractivity contribution is 0.298. The van der Waals surface area contributed by atoms with Crippen molar-refractivity contribution in [3.8, 4) is 0 Å². The van der Waals surface area contributed by atoms with E-state index in [4.69, 9.17) is 0 Å². The van der Waals surface area contributed by atoms with Gasteiger partial charge in [-0.05, 0) is 16.6 Å². The Bertz CT molecular complexity index is 304. The summed E-state index contributed by atoms with van der Waals surface area (Å²) in [5.74, 6) is 0. The van der Waals surface area contributed by atoms with E-state index in [-0.39, 0.29) is 12.0 Å². The Morgan fingerprint density at radius 3 is 2.21 bits per heavy atom. The molecule has 0 aliphatic carbocycles. The third-order valence-corrected chi connectivity index (χ3v) is 2.27. The fourth-order valence-electron chi connectivity index (χ4n) is 1.25. The molecule has 1 rings (SSSR count). The first kappa shape index (κ1) is 11.0. The van der Waals surface area contributed by atoms with E-state index in [1.54, 1.807) is 0 Å². The van der Waals surface area contributed by atoms with E-state index in [9.17, 15) is 5.11 Å². The average Bonchev–Trinajstić information content (AvgIpc) is 2.14. The van der Waals surface area contributed by atoms with Crippen molar-refractivity contribution in [3.63, 3.8) is 0 Å². The zero-order chi connectivity index (χ0) is 10.6. The highest BCUT2D eigenvalue weighted by atomic mass is 16.3. The van der Waals surface area contributed by atoms with Crippen LogP contribution < -0.4 is 0 Å². The van der Waals surface area contributed by atoms with Gasteiger partial charge in [0.25, 0.3) is 0 Å². The van der Waals surface area contributed by atoms with Gasteiger partial charge in [-0.25, -0.2) is 0 Å². The van der Waals surface area contributed by atoms with E-state index in [1.165, 1.54) is 0 Å². The monoisotopic (exact) mass is 190 g/mol. The third kappa shape index (κ3) is 3.00. The van der Waals surface area contributed by atoms with E-state index in [0.717, 1.165) is 11.1 Å². The van der Waals surface area contributed by atoms with Crippen LogP contribution in [0.4, 0.5) is 0 Å². The molecule has 1 heteroatoms. The predicted octanol–water partition coefficient (Wildman–Crippen LogP) is 3.11. The first-order valence-electron chi connectivity index (χ1n) is 4.91. The third-order valence-electron chi connectivity index (χ3n) is 2.27. The van der Waals surface area contributed by atoms with Crippen molar-refractivity contribution in [2.24, 2.45) is 5.41 Å². The topological polar surface area (TPSA) is 20.2 Å². The number of aliphatic hydroxyl groups is 1. The minimum Gasteiger partial charge on any atom is -0.392 e. The summed E-state index contributed by atoms with van der Waals surface area (Å²) >= 11 is 0. The normalized spacial score (nSPS) is 13.0. The smallest absolute Gasteiger partial charge is 0.0650 e. The Hall–Kier alpha value is -1.08. The van der Waals surface area contributed by atoms with E-state index in [1.807, 2.05) is 30.3 Å². The van der Waals surface area contributed by atoms with Gasteiger partial charge in [0.05, 0.1) is 6.61 Å². The molecule has 0 bridgehead atoms. The lowest BCUT2D eigenvalue weighted by atomic mass is 9.86. The van der Waals surface area contributed by atoms with Crippen LogP contribution in [0.5, 0.6) is 0 Å². The van der Waals surface area contributed by atoms with Gasteiger partial charge in [0.2, 0.25) is 0 Å². The van der Waals surface area contributed by atoms with Gasteiger partial charge in [0.15, 0.2) is 0 Å². The molecular formula is C13H18O. The minimum atomic E-state index is 0.0323. The maximum atomic E-state index is 9.25. The second kappa shape index (κ2) is 4.43. The maximum absolute atomic E-state index is 9.25. The Morgan fingerprint density at radius 2 is 1.79 bits per heavy atom. The molecule has 14 heavy (non-hydrogen) atoms. The Morgan fingerprint density at radius 1 is 1.21 bits per heavy atom. The summed E-state index contributed by atoms with van der Waals surface area (Å²) in [5, 5.41) is 9.25. The molecule has 1 aromatic rings. The number of benzene rings is 1. The highest BCUT2D eigenvalue weighted by Crippen LogP contribution is 2.26. The molecule has 0 amide bonds. The lowest BCUT2D eigenvalue weighted by Gasteiger charge is -2.21. The van der Waals surface area contributed by atoms with Gasteiger partial charge >= 0.3 is 0 Å². The van der Waals surface area contributed by atoms with Gasteiger partial charge in [-0.2, -0.15) is 0 Å². The SMILES string of the molecule is CC(C)(C)/C(=C/c1ccccc1)CO. The number of aliphatic hydroxyl groups excluding tert-OH is 1. The molecule has 0 aliphatic rings. The van der Waals surface area contributed by atoms with E-state index >= 15 is 0 Å². The molecule has 0 spiro atoms. The summed E-state index contributed by atoms with van der Waals surface area (Å²) in [4.78, 5) is 0. The lowest BCUT2D eigenvalue weighted by Crippen LogP contribution is -2.12. The van der Waals surface area contributed by atoms with Crippen molar-refractivity contribution in [1.82, 2.24) is 0 Å². The van der Waals surface area contributed by atoms with Crippen LogP contribution in [0.2, 0.25) is 0 Å². The van der Waals surface area contributed by atoms with Crippen molar-refractivity contribution >= 4 is 6.08 Å². The summed E-state index contributed by atoms with van der Waals surface area (Å²) in [5.41, 5.74) is 2.24. The summed E-state index contributed by atoms with van der Waals surface area (Å²) < 4.78 is 0. The van der Waals surface area contributed by atoms with Crippen LogP contribution in [0.1, 0.15) is 26.3 Å². The molecule has 0 fully saturated rings. The van der Waals surface area contributed by atoms with Crippen LogP contribution >= 0.6 is 0 Å². The molecule has 0 saturated carbocycles. The summed E-state index contributed by atoms with van der Waals surface area (Å²) in [6.07, 6.45) is 2.06. The molecule has 0 saturated heterocycles. The molecule has 0 radical (unpaired) electrons. The molecule has 1 nitrogen and oxygen atoms in total. The van der Waals surface area contributed by atoms with Gasteiger partial charge in [-0.1, -0.05) is 57.2 Å². The fourth-order valence-corrected chi connectivity index (χ4v) is 1.25. The van der Waals surface area contributed by atoms with Gasteiger partial charge in [0.1, 0.15) is 0 Å². The Labute approximate surface area is 86.1 Å². The van der Waals surface area contributed by atoms with Gasteiger partial charge in [-0.3, -0.25) is 0 Å². The van der Waals surface area contributed by atoms with Crippen molar-refractivity contribution in [2.45, 2.75) is 20.8 Å². The molecule has 0 aliphatic heterocycles. The number of rotatable bonds is 2. The molecule has 0 heterocycles. The van der Waals surface area contributed by atoms with E-state index in [2.05, 4.69) is 26.8 Å². The summed E-state index contributed by atoms with van der Waals surface area (Å²) in [6, 6.07) is 10.1. The van der Waals surface area contributed by atoms with Gasteiger partial charge in [0, 0.05) is 0 Å². The van der Waals surface area contributed by atoms with Crippen LogP contribution in [0.15, 0.2) is 35.9 Å². The van der Waals surface area contributed by atoms with Crippen molar-refractivity contribution in [3.05, 3.63) is 41.5 Å². The van der Waals surface area contributed by atoms with Crippen LogP contribution in [0, 0.1) is 5.41 Å². The van der Waals surface area contributed by atoms with Gasteiger partial charge < -0.3 is 5.11 Å². The molecule has 1 aromatic carbocycles. The van der Waals surface area contributed by atoms with E-state index in [0.29, 0.717) is 0 Å². The quantitative estimate of drug-likeness (QED) is 0.759. The molecule has 0 atom stereocenters. The number of hydrogen-bond acceptors (Lipinski definition) is 1. The first-order valence-corrected chi connectivity index (χ1v) is 4.91. The van der Waals surface area contributed by atoms with Crippen molar-refractivity contribution < 1.29 is 5.11 Å².